The van der Waals surface area contributed by atoms with E-state index in [1.807, 2.05) is 6.92 Å². The molecular weight excluding hydrogens is 397 g/mol. The van der Waals surface area contributed by atoms with Crippen LogP contribution in [0.2, 0.25) is 5.02 Å². The van der Waals surface area contributed by atoms with Crippen molar-refractivity contribution in [2.24, 2.45) is 5.92 Å². The molecule has 2 aromatic heterocycles. The van der Waals surface area contributed by atoms with Crippen molar-refractivity contribution in [1.29, 1.82) is 0 Å². The molecule has 2 N–H and O–H groups in total. The maximum Gasteiger partial charge on any atom is 0.227 e. The minimum atomic E-state index is -0.520. The van der Waals surface area contributed by atoms with Crippen LogP contribution < -0.4 is 5.32 Å². The van der Waals surface area contributed by atoms with Crippen molar-refractivity contribution >= 4 is 23.2 Å². The number of aromatic nitrogens is 4. The predicted octanol–water partition coefficient (Wildman–Crippen LogP) is 3.33. The summed E-state index contributed by atoms with van der Waals surface area (Å²) in [6.07, 6.45) is 7.72. The Bertz CT molecular complexity index is 995. The molecule has 0 aliphatic carbocycles. The fraction of sp³-hybridized carbons (Fsp3) is 0.300. The Balaban J connectivity index is 1.73. The highest BCUT2D eigenvalue weighted by Crippen LogP contribution is 2.22. The maximum absolute atomic E-state index is 13.7. The lowest BCUT2D eigenvalue weighted by Crippen LogP contribution is -2.25. The first-order valence-electron chi connectivity index (χ1n) is 9.16. The number of aliphatic hydroxyl groups is 1. The van der Waals surface area contributed by atoms with Gasteiger partial charge in [0.25, 0.3) is 0 Å². The second-order valence-corrected chi connectivity index (χ2v) is 7.14. The smallest absolute Gasteiger partial charge is 0.227 e. The zero-order valence-corrected chi connectivity index (χ0v) is 16.6. The van der Waals surface area contributed by atoms with Crippen LogP contribution in [0.25, 0.3) is 5.69 Å². The summed E-state index contributed by atoms with van der Waals surface area (Å²) in [7, 11) is 0. The number of carbonyl (C=O) groups excluding carboxylic acids is 1. The van der Waals surface area contributed by atoms with Crippen LogP contribution in [-0.2, 0) is 11.2 Å². The van der Waals surface area contributed by atoms with Crippen molar-refractivity contribution in [1.82, 2.24) is 20.0 Å². The van der Waals surface area contributed by atoms with E-state index in [9.17, 15) is 9.18 Å². The molecule has 0 aliphatic heterocycles. The second kappa shape index (κ2) is 9.58. The van der Waals surface area contributed by atoms with E-state index >= 15 is 0 Å². The number of hydrogen-bond donors (Lipinski definition) is 2. The average molecular weight is 418 g/mol. The molecule has 9 heteroatoms. The molecule has 0 saturated carbocycles. The van der Waals surface area contributed by atoms with Crippen molar-refractivity contribution in [3.63, 3.8) is 0 Å². The molecule has 152 valence electrons. The third-order valence-corrected chi connectivity index (χ3v) is 4.85. The van der Waals surface area contributed by atoms with E-state index in [4.69, 9.17) is 16.7 Å². The van der Waals surface area contributed by atoms with E-state index in [2.05, 4.69) is 20.6 Å². The summed E-state index contributed by atoms with van der Waals surface area (Å²) < 4.78 is 15.3. The van der Waals surface area contributed by atoms with Gasteiger partial charge < -0.3 is 10.4 Å². The van der Waals surface area contributed by atoms with E-state index in [0.29, 0.717) is 30.5 Å². The molecule has 1 atom stereocenters. The number of benzene rings is 1. The van der Waals surface area contributed by atoms with Gasteiger partial charge in [-0.05, 0) is 49.4 Å². The number of nitrogens with one attached hydrogen (secondary N) is 1. The summed E-state index contributed by atoms with van der Waals surface area (Å²) in [6, 6.07) is 4.50. The molecule has 0 spiro atoms. The van der Waals surface area contributed by atoms with Crippen molar-refractivity contribution in [3.8, 4) is 5.69 Å². The zero-order chi connectivity index (χ0) is 20.8. The molecule has 1 unspecified atom stereocenters. The average Bonchev–Trinajstić information content (AvgIpc) is 3.16. The van der Waals surface area contributed by atoms with Gasteiger partial charge in [-0.25, -0.2) is 9.07 Å². The maximum atomic E-state index is 13.7. The number of rotatable bonds is 8. The molecule has 0 fully saturated rings. The van der Waals surface area contributed by atoms with Crippen molar-refractivity contribution in [2.75, 3.05) is 11.9 Å². The summed E-state index contributed by atoms with van der Waals surface area (Å²) in [5, 5.41) is 24.0. The van der Waals surface area contributed by atoms with E-state index in [1.54, 1.807) is 35.5 Å². The number of aliphatic hydroxyl groups excluding tert-OH is 1. The lowest BCUT2D eigenvalue weighted by Gasteiger charge is -2.16. The Morgan fingerprint density at radius 3 is 2.83 bits per heavy atom. The van der Waals surface area contributed by atoms with Crippen molar-refractivity contribution in [3.05, 3.63) is 65.0 Å². The Hall–Kier alpha value is -2.84. The fourth-order valence-corrected chi connectivity index (χ4v) is 3.11. The third kappa shape index (κ3) is 5.36. The molecule has 3 rings (SSSR count). The number of hydrogen-bond acceptors (Lipinski definition) is 5. The van der Waals surface area contributed by atoms with E-state index < -0.39 is 11.7 Å². The largest absolute Gasteiger partial charge is 0.396 e. The molecule has 3 aromatic rings. The number of anilines is 1. The monoisotopic (exact) mass is 417 g/mol. The van der Waals surface area contributed by atoms with Crippen LogP contribution in [0, 0.1) is 18.7 Å². The van der Waals surface area contributed by atoms with Crippen LogP contribution in [0.4, 0.5) is 10.1 Å². The fourth-order valence-electron chi connectivity index (χ4n) is 2.99. The lowest BCUT2D eigenvalue weighted by atomic mass is 9.94. The topological polar surface area (TPSA) is 92.9 Å². The van der Waals surface area contributed by atoms with Crippen LogP contribution in [0.1, 0.15) is 24.0 Å². The number of carbonyl (C=O) groups is 1. The van der Waals surface area contributed by atoms with Gasteiger partial charge in [0.2, 0.25) is 5.91 Å². The van der Waals surface area contributed by atoms with E-state index in [1.165, 1.54) is 12.1 Å². The van der Waals surface area contributed by atoms with Gasteiger partial charge in [-0.1, -0.05) is 17.7 Å². The number of amides is 1. The summed E-state index contributed by atoms with van der Waals surface area (Å²) in [5.74, 6) is -1.18. The Morgan fingerprint density at radius 1 is 1.31 bits per heavy atom. The van der Waals surface area contributed by atoms with Gasteiger partial charge in [0.15, 0.2) is 0 Å². The molecule has 0 bridgehead atoms. The molecular formula is C20H21ClFN5O2. The molecule has 0 saturated heterocycles. The van der Waals surface area contributed by atoms with Crippen LogP contribution >= 0.6 is 11.6 Å². The number of halogens is 2. The lowest BCUT2D eigenvalue weighted by molar-refractivity contribution is -0.120. The SMILES string of the molecule is Cc1cnncc1-n1cc(NC(=O)C(CCCO)Cc2ccc(Cl)c(F)c2)cn1. The standard InChI is InChI=1S/C20H21ClFN5O2/c1-13-9-23-24-11-19(13)27-12-16(10-25-27)26-20(29)15(3-2-6-28)7-14-4-5-17(21)18(22)8-14/h4-5,8-12,15,28H,2-3,6-7H2,1H3,(H,26,29). The van der Waals surface area contributed by atoms with Gasteiger partial charge in [0.05, 0.1) is 41.2 Å². The molecule has 0 aliphatic rings. The van der Waals surface area contributed by atoms with Crippen molar-refractivity contribution in [2.45, 2.75) is 26.2 Å². The molecule has 2 heterocycles. The highest BCUT2D eigenvalue weighted by molar-refractivity contribution is 6.30. The minimum absolute atomic E-state index is 0.0228. The quantitative estimate of drug-likeness (QED) is 0.586. The van der Waals surface area contributed by atoms with Gasteiger partial charge in [0.1, 0.15) is 5.82 Å². The number of nitrogens with zero attached hydrogens (tertiary/aromatic N) is 4. The Labute approximate surface area is 172 Å². The summed E-state index contributed by atoms with van der Waals surface area (Å²) in [4.78, 5) is 12.8. The highest BCUT2D eigenvalue weighted by atomic mass is 35.5. The minimum Gasteiger partial charge on any atom is -0.396 e. The Morgan fingerprint density at radius 2 is 2.10 bits per heavy atom. The third-order valence-electron chi connectivity index (χ3n) is 4.55. The second-order valence-electron chi connectivity index (χ2n) is 6.74. The van der Waals surface area contributed by atoms with Gasteiger partial charge in [-0.3, -0.25) is 4.79 Å². The zero-order valence-electron chi connectivity index (χ0n) is 15.8. The van der Waals surface area contributed by atoms with Crippen LogP contribution in [0.3, 0.4) is 0 Å². The van der Waals surface area contributed by atoms with Crippen LogP contribution in [0.15, 0.2) is 43.0 Å². The Kier molecular flexibility index (Phi) is 6.90. The summed E-state index contributed by atoms with van der Waals surface area (Å²) >= 11 is 5.73. The van der Waals surface area contributed by atoms with E-state index in [0.717, 1.165) is 11.3 Å². The van der Waals surface area contributed by atoms with E-state index in [-0.39, 0.29) is 17.5 Å². The van der Waals surface area contributed by atoms with Gasteiger partial charge >= 0.3 is 0 Å². The normalized spacial score (nSPS) is 12.0. The van der Waals surface area contributed by atoms with Crippen molar-refractivity contribution < 1.29 is 14.3 Å². The summed E-state index contributed by atoms with van der Waals surface area (Å²) in [6.45, 7) is 1.87. The highest BCUT2D eigenvalue weighted by Gasteiger charge is 2.20. The first kappa shape index (κ1) is 20.9. The molecule has 0 radical (unpaired) electrons. The first-order chi connectivity index (χ1) is 14.0. The van der Waals surface area contributed by atoms with Crippen LogP contribution in [-0.4, -0.2) is 37.6 Å². The predicted molar refractivity (Wildman–Crippen MR) is 107 cm³/mol. The van der Waals surface area contributed by atoms with Gasteiger partial charge in [0, 0.05) is 12.5 Å². The molecule has 29 heavy (non-hydrogen) atoms. The number of aryl methyl sites for hydroxylation is 1. The van der Waals surface area contributed by atoms with Crippen LogP contribution in [0.5, 0.6) is 0 Å². The summed E-state index contributed by atoms with van der Waals surface area (Å²) in [5.41, 5.74) is 2.85. The molecule has 1 aromatic carbocycles. The molecule has 7 nitrogen and oxygen atoms in total. The van der Waals surface area contributed by atoms with Gasteiger partial charge in [-0.15, -0.1) is 0 Å². The van der Waals surface area contributed by atoms with Gasteiger partial charge in [-0.2, -0.15) is 15.3 Å². The molecule has 1 amide bonds. The first-order valence-corrected chi connectivity index (χ1v) is 9.53.